The van der Waals surface area contributed by atoms with Crippen molar-refractivity contribution in [3.63, 3.8) is 0 Å². The van der Waals surface area contributed by atoms with Crippen LogP contribution in [-0.2, 0) is 9.47 Å². The van der Waals surface area contributed by atoms with E-state index in [1.807, 2.05) is 12.3 Å². The van der Waals surface area contributed by atoms with Crippen LogP contribution >= 0.6 is 0 Å². The molecular weight excluding hydrogens is 274 g/mol. The molecule has 114 valence electrons. The molecule has 0 fully saturated rings. The third-order valence-electron chi connectivity index (χ3n) is 3.15. The SMILES string of the molecule is COCCN(CCOC)c1ccc2nc(C(=O)O)cn2c1. The van der Waals surface area contributed by atoms with Crippen molar-refractivity contribution < 1.29 is 19.4 Å². The topological polar surface area (TPSA) is 76.3 Å². The van der Waals surface area contributed by atoms with Gasteiger partial charge in [0, 0.05) is 39.7 Å². The van der Waals surface area contributed by atoms with E-state index in [-0.39, 0.29) is 5.69 Å². The van der Waals surface area contributed by atoms with Gasteiger partial charge >= 0.3 is 5.97 Å². The van der Waals surface area contributed by atoms with E-state index in [1.54, 1.807) is 24.7 Å². The molecule has 1 N–H and O–H groups in total. The second-order valence-electron chi connectivity index (χ2n) is 4.56. The molecule has 0 amide bonds. The average Bonchev–Trinajstić information content (AvgIpc) is 2.90. The standard InChI is InChI=1S/C14H19N3O4/c1-20-7-5-16(6-8-21-2)11-3-4-13-15-12(14(18)19)10-17(13)9-11/h3-4,9-10H,5-8H2,1-2H3,(H,18,19). The van der Waals surface area contributed by atoms with Crippen molar-refractivity contribution in [3.05, 3.63) is 30.2 Å². The lowest BCUT2D eigenvalue weighted by Crippen LogP contribution is -2.30. The zero-order valence-corrected chi connectivity index (χ0v) is 12.2. The van der Waals surface area contributed by atoms with E-state index in [0.29, 0.717) is 18.9 Å². The van der Waals surface area contributed by atoms with E-state index in [2.05, 4.69) is 9.88 Å². The third kappa shape index (κ3) is 3.71. The number of pyridine rings is 1. The van der Waals surface area contributed by atoms with Gasteiger partial charge in [-0.25, -0.2) is 9.78 Å². The molecule has 21 heavy (non-hydrogen) atoms. The Morgan fingerprint density at radius 3 is 2.48 bits per heavy atom. The maximum absolute atomic E-state index is 11.0. The number of methoxy groups -OCH3 is 2. The summed E-state index contributed by atoms with van der Waals surface area (Å²) in [6.45, 7) is 2.66. The number of rotatable bonds is 8. The van der Waals surface area contributed by atoms with E-state index in [4.69, 9.17) is 14.6 Å². The Morgan fingerprint density at radius 1 is 1.24 bits per heavy atom. The van der Waals surface area contributed by atoms with Crippen LogP contribution in [0.25, 0.3) is 5.65 Å². The molecule has 2 aromatic rings. The first-order chi connectivity index (χ1) is 10.2. The van der Waals surface area contributed by atoms with Crippen molar-refractivity contribution in [1.82, 2.24) is 9.38 Å². The number of hydrogen-bond donors (Lipinski definition) is 1. The van der Waals surface area contributed by atoms with Crippen molar-refractivity contribution >= 4 is 17.3 Å². The lowest BCUT2D eigenvalue weighted by atomic mass is 10.3. The first kappa shape index (κ1) is 15.3. The Morgan fingerprint density at radius 2 is 1.90 bits per heavy atom. The Bertz CT molecular complexity index is 603. The molecule has 0 atom stereocenters. The number of carboxylic acid groups (broad SMARTS) is 1. The fraction of sp³-hybridized carbons (Fsp3) is 0.429. The van der Waals surface area contributed by atoms with Crippen LogP contribution in [0.1, 0.15) is 10.5 Å². The number of anilines is 1. The number of carbonyl (C=O) groups is 1. The minimum absolute atomic E-state index is 0.0347. The number of ether oxygens (including phenoxy) is 2. The zero-order chi connectivity index (χ0) is 15.2. The molecule has 7 nitrogen and oxygen atoms in total. The monoisotopic (exact) mass is 293 g/mol. The van der Waals surface area contributed by atoms with Crippen LogP contribution in [0.3, 0.4) is 0 Å². The van der Waals surface area contributed by atoms with Gasteiger partial charge in [-0.05, 0) is 12.1 Å². The van der Waals surface area contributed by atoms with Crippen LogP contribution in [0.15, 0.2) is 24.5 Å². The molecule has 2 aromatic heterocycles. The van der Waals surface area contributed by atoms with Crippen LogP contribution in [-0.4, -0.2) is 61.0 Å². The predicted molar refractivity (Wildman–Crippen MR) is 78.1 cm³/mol. The van der Waals surface area contributed by atoms with Gasteiger partial charge in [0.25, 0.3) is 0 Å². The highest BCUT2D eigenvalue weighted by molar-refractivity contribution is 5.86. The molecule has 0 saturated carbocycles. The van der Waals surface area contributed by atoms with E-state index >= 15 is 0 Å². The molecule has 7 heteroatoms. The minimum Gasteiger partial charge on any atom is -0.476 e. The minimum atomic E-state index is -1.03. The van der Waals surface area contributed by atoms with Crippen LogP contribution in [0.5, 0.6) is 0 Å². The average molecular weight is 293 g/mol. The van der Waals surface area contributed by atoms with Gasteiger partial charge in [-0.3, -0.25) is 0 Å². The Kier molecular flexibility index (Phi) is 5.13. The molecular formula is C14H19N3O4. The summed E-state index contributed by atoms with van der Waals surface area (Å²) in [6.07, 6.45) is 3.37. The first-order valence-corrected chi connectivity index (χ1v) is 6.60. The van der Waals surface area contributed by atoms with Gasteiger partial charge in [0.15, 0.2) is 5.69 Å². The van der Waals surface area contributed by atoms with Gasteiger partial charge in [-0.1, -0.05) is 0 Å². The Labute approximate surface area is 122 Å². The van der Waals surface area contributed by atoms with E-state index in [9.17, 15) is 4.79 Å². The molecule has 0 saturated heterocycles. The van der Waals surface area contributed by atoms with Crippen molar-refractivity contribution in [2.45, 2.75) is 0 Å². The highest BCUT2D eigenvalue weighted by atomic mass is 16.5. The maximum atomic E-state index is 11.0. The van der Waals surface area contributed by atoms with Crippen molar-refractivity contribution in [2.24, 2.45) is 0 Å². The summed E-state index contributed by atoms with van der Waals surface area (Å²) in [5.74, 6) is -1.03. The fourth-order valence-corrected chi connectivity index (χ4v) is 2.04. The van der Waals surface area contributed by atoms with E-state index < -0.39 is 5.97 Å². The lowest BCUT2D eigenvalue weighted by Gasteiger charge is -2.24. The third-order valence-corrected chi connectivity index (χ3v) is 3.15. The number of imidazole rings is 1. The quantitative estimate of drug-likeness (QED) is 0.786. The van der Waals surface area contributed by atoms with Crippen LogP contribution in [0.2, 0.25) is 0 Å². The van der Waals surface area contributed by atoms with Gasteiger partial charge in [0.05, 0.1) is 18.9 Å². The molecule has 0 spiro atoms. The molecule has 0 unspecified atom stereocenters. The summed E-state index contributed by atoms with van der Waals surface area (Å²) in [4.78, 5) is 17.1. The van der Waals surface area contributed by atoms with Gasteiger partial charge in [0.2, 0.25) is 0 Å². The van der Waals surface area contributed by atoms with Crippen LogP contribution in [0, 0.1) is 0 Å². The summed E-state index contributed by atoms with van der Waals surface area (Å²) >= 11 is 0. The highest BCUT2D eigenvalue weighted by Crippen LogP contribution is 2.16. The largest absolute Gasteiger partial charge is 0.476 e. The summed E-state index contributed by atoms with van der Waals surface area (Å²) < 4.78 is 11.9. The van der Waals surface area contributed by atoms with Crippen molar-refractivity contribution in [3.8, 4) is 0 Å². The lowest BCUT2D eigenvalue weighted by molar-refractivity contribution is 0.0691. The Hall–Kier alpha value is -2.12. The zero-order valence-electron chi connectivity index (χ0n) is 12.2. The summed E-state index contributed by atoms with van der Waals surface area (Å²) in [5, 5.41) is 8.98. The summed E-state index contributed by atoms with van der Waals surface area (Å²) in [6, 6.07) is 3.72. The maximum Gasteiger partial charge on any atom is 0.356 e. The van der Waals surface area contributed by atoms with Crippen molar-refractivity contribution in [1.29, 1.82) is 0 Å². The predicted octanol–water partition coefficient (Wildman–Crippen LogP) is 1.13. The smallest absolute Gasteiger partial charge is 0.356 e. The number of fused-ring (bicyclic) bond motifs is 1. The second kappa shape index (κ2) is 7.05. The van der Waals surface area contributed by atoms with Gasteiger partial charge in [0.1, 0.15) is 5.65 Å². The van der Waals surface area contributed by atoms with Gasteiger partial charge in [-0.15, -0.1) is 0 Å². The molecule has 0 radical (unpaired) electrons. The first-order valence-electron chi connectivity index (χ1n) is 6.60. The molecule has 2 rings (SSSR count). The molecule has 0 aromatic carbocycles. The number of carboxylic acids is 1. The fourth-order valence-electron chi connectivity index (χ4n) is 2.04. The molecule has 0 aliphatic rings. The van der Waals surface area contributed by atoms with Crippen LogP contribution < -0.4 is 4.90 Å². The molecule has 0 aliphatic heterocycles. The van der Waals surface area contributed by atoms with E-state index in [1.165, 1.54) is 6.20 Å². The number of aromatic nitrogens is 2. The number of aromatic carboxylic acids is 1. The number of nitrogens with zero attached hydrogens (tertiary/aromatic N) is 3. The molecule has 0 bridgehead atoms. The second-order valence-corrected chi connectivity index (χ2v) is 4.56. The van der Waals surface area contributed by atoms with Gasteiger partial charge in [-0.2, -0.15) is 0 Å². The van der Waals surface area contributed by atoms with Gasteiger partial charge < -0.3 is 23.9 Å². The highest BCUT2D eigenvalue weighted by Gasteiger charge is 2.11. The Balaban J connectivity index is 2.26. The summed E-state index contributed by atoms with van der Waals surface area (Å²) in [7, 11) is 3.32. The number of hydrogen-bond acceptors (Lipinski definition) is 5. The van der Waals surface area contributed by atoms with Crippen molar-refractivity contribution in [2.75, 3.05) is 45.4 Å². The normalized spacial score (nSPS) is 11.0. The molecule has 2 heterocycles. The van der Waals surface area contributed by atoms with Crippen LogP contribution in [0.4, 0.5) is 5.69 Å². The molecule has 0 aliphatic carbocycles. The van der Waals surface area contributed by atoms with E-state index in [0.717, 1.165) is 18.8 Å². The summed E-state index contributed by atoms with van der Waals surface area (Å²) in [5.41, 5.74) is 1.60.